The molecule has 0 saturated heterocycles. The van der Waals surface area contributed by atoms with Crippen molar-refractivity contribution in [2.24, 2.45) is 0 Å². The van der Waals surface area contributed by atoms with E-state index in [1.165, 1.54) is 0 Å². The van der Waals surface area contributed by atoms with E-state index >= 15 is 0 Å². The van der Waals surface area contributed by atoms with E-state index in [0.717, 1.165) is 28.6 Å². The lowest BCUT2D eigenvalue weighted by molar-refractivity contribution is 0.800. The van der Waals surface area contributed by atoms with E-state index in [2.05, 4.69) is 34.1 Å². The third-order valence-electron chi connectivity index (χ3n) is 3.04. The molecule has 0 fully saturated rings. The molecule has 0 saturated carbocycles. The Kier molecular flexibility index (Phi) is 3.64. The molecule has 0 bridgehead atoms. The molecule has 3 rings (SSSR count). The first kappa shape index (κ1) is 13.1. The molecular formula is C14H15N5S. The molecule has 0 spiro atoms. The molecule has 0 aliphatic heterocycles. The first-order valence-electron chi connectivity index (χ1n) is 6.58. The summed E-state index contributed by atoms with van der Waals surface area (Å²) in [6, 6.07) is 9.63. The van der Waals surface area contributed by atoms with Crippen molar-refractivity contribution in [2.45, 2.75) is 30.7 Å². The van der Waals surface area contributed by atoms with Crippen LogP contribution in [0.15, 0.2) is 41.7 Å². The summed E-state index contributed by atoms with van der Waals surface area (Å²) in [5, 5.41) is 14.3. The van der Waals surface area contributed by atoms with Crippen LogP contribution in [0.4, 0.5) is 0 Å². The topological polar surface area (TPSA) is 56.0 Å². The van der Waals surface area contributed by atoms with Crippen LogP contribution in [-0.4, -0.2) is 30.0 Å². The molecule has 1 atom stereocenters. The molecular weight excluding hydrogens is 270 g/mol. The molecule has 6 heteroatoms. The summed E-state index contributed by atoms with van der Waals surface area (Å²) in [4.78, 5) is 4.32. The molecule has 3 heterocycles. The summed E-state index contributed by atoms with van der Waals surface area (Å²) in [6.07, 6.45) is 2.85. The fourth-order valence-electron chi connectivity index (χ4n) is 1.76. The fraction of sp³-hybridized carbons (Fsp3) is 0.286. The van der Waals surface area contributed by atoms with E-state index in [0.29, 0.717) is 5.25 Å². The van der Waals surface area contributed by atoms with Gasteiger partial charge in [0.05, 0.1) is 5.69 Å². The second-order valence-electron chi connectivity index (χ2n) is 4.52. The van der Waals surface area contributed by atoms with Crippen LogP contribution >= 0.6 is 11.8 Å². The molecule has 3 aromatic heterocycles. The molecule has 0 aromatic carbocycles. The predicted molar refractivity (Wildman–Crippen MR) is 79.6 cm³/mol. The third kappa shape index (κ3) is 2.51. The lowest BCUT2D eigenvalue weighted by atomic mass is 10.2. The molecule has 1 unspecified atom stereocenters. The molecule has 0 N–H and O–H groups in total. The molecule has 0 aliphatic carbocycles. The van der Waals surface area contributed by atoms with E-state index in [1.807, 2.05) is 30.3 Å². The van der Waals surface area contributed by atoms with E-state index in [-0.39, 0.29) is 0 Å². The van der Waals surface area contributed by atoms with Crippen LogP contribution in [0.1, 0.15) is 20.3 Å². The van der Waals surface area contributed by atoms with Gasteiger partial charge in [-0.2, -0.15) is 9.61 Å². The lowest BCUT2D eigenvalue weighted by Crippen LogP contribution is -2.00. The van der Waals surface area contributed by atoms with E-state index in [4.69, 9.17) is 0 Å². The standard InChI is InChI=1S/C14H15N5S/c1-3-10(2)20-14-17-16-13-8-7-12(18-19(13)14)11-6-4-5-9-15-11/h4-10H,3H2,1-2H3. The van der Waals surface area contributed by atoms with Crippen LogP contribution in [0.3, 0.4) is 0 Å². The van der Waals surface area contributed by atoms with Crippen molar-refractivity contribution in [1.82, 2.24) is 24.8 Å². The van der Waals surface area contributed by atoms with Gasteiger partial charge in [-0.25, -0.2) is 0 Å². The van der Waals surface area contributed by atoms with Gasteiger partial charge in [0.2, 0.25) is 5.16 Å². The van der Waals surface area contributed by atoms with Crippen molar-refractivity contribution >= 4 is 17.4 Å². The molecule has 20 heavy (non-hydrogen) atoms. The van der Waals surface area contributed by atoms with Gasteiger partial charge in [0.15, 0.2) is 5.65 Å². The van der Waals surface area contributed by atoms with Gasteiger partial charge < -0.3 is 0 Å². The maximum atomic E-state index is 4.60. The van der Waals surface area contributed by atoms with Crippen molar-refractivity contribution < 1.29 is 0 Å². The van der Waals surface area contributed by atoms with Gasteiger partial charge in [-0.3, -0.25) is 4.98 Å². The highest BCUT2D eigenvalue weighted by molar-refractivity contribution is 7.99. The smallest absolute Gasteiger partial charge is 0.212 e. The van der Waals surface area contributed by atoms with Crippen LogP contribution in [0, 0.1) is 0 Å². The summed E-state index contributed by atoms with van der Waals surface area (Å²) in [5.41, 5.74) is 2.43. The van der Waals surface area contributed by atoms with E-state index in [9.17, 15) is 0 Å². The Labute approximate surface area is 121 Å². The summed E-state index contributed by atoms with van der Waals surface area (Å²) in [7, 11) is 0. The lowest BCUT2D eigenvalue weighted by Gasteiger charge is -2.06. The van der Waals surface area contributed by atoms with Gasteiger partial charge >= 0.3 is 0 Å². The SMILES string of the molecule is CCC(C)Sc1nnc2ccc(-c3ccccn3)nn12. The largest absolute Gasteiger partial charge is 0.255 e. The van der Waals surface area contributed by atoms with Crippen LogP contribution in [0.25, 0.3) is 17.0 Å². The van der Waals surface area contributed by atoms with Crippen molar-refractivity contribution in [3.8, 4) is 11.4 Å². The molecule has 0 aliphatic rings. The van der Waals surface area contributed by atoms with Gasteiger partial charge in [0.1, 0.15) is 5.69 Å². The summed E-state index contributed by atoms with van der Waals surface area (Å²) in [6.45, 7) is 4.34. The van der Waals surface area contributed by atoms with Gasteiger partial charge in [-0.1, -0.05) is 31.7 Å². The maximum Gasteiger partial charge on any atom is 0.212 e. The predicted octanol–water partition coefficient (Wildman–Crippen LogP) is 3.08. The summed E-state index contributed by atoms with van der Waals surface area (Å²) in [5.74, 6) is 0. The number of hydrogen-bond acceptors (Lipinski definition) is 5. The first-order valence-corrected chi connectivity index (χ1v) is 7.46. The van der Waals surface area contributed by atoms with E-state index in [1.54, 1.807) is 22.5 Å². The maximum absolute atomic E-state index is 4.60. The van der Waals surface area contributed by atoms with Crippen LogP contribution in [-0.2, 0) is 0 Å². The Morgan fingerprint density at radius 2 is 2.05 bits per heavy atom. The minimum absolute atomic E-state index is 0.489. The zero-order chi connectivity index (χ0) is 13.9. The average molecular weight is 285 g/mol. The van der Waals surface area contributed by atoms with Crippen molar-refractivity contribution in [2.75, 3.05) is 0 Å². The summed E-state index contributed by atoms with van der Waals surface area (Å²) >= 11 is 1.69. The molecule has 0 radical (unpaired) electrons. The molecule has 3 aromatic rings. The molecule has 0 amide bonds. The fourth-order valence-corrected chi connectivity index (χ4v) is 2.61. The summed E-state index contributed by atoms with van der Waals surface area (Å²) < 4.78 is 1.79. The Balaban J connectivity index is 2.03. The second kappa shape index (κ2) is 5.58. The highest BCUT2D eigenvalue weighted by Crippen LogP contribution is 2.24. The monoisotopic (exact) mass is 285 g/mol. The van der Waals surface area contributed by atoms with Gasteiger partial charge in [0.25, 0.3) is 0 Å². The zero-order valence-electron chi connectivity index (χ0n) is 11.4. The Bertz CT molecular complexity index is 710. The minimum Gasteiger partial charge on any atom is -0.255 e. The average Bonchev–Trinajstić information content (AvgIpc) is 2.90. The number of nitrogens with zero attached hydrogens (tertiary/aromatic N) is 5. The number of rotatable bonds is 4. The van der Waals surface area contributed by atoms with Gasteiger partial charge in [-0.05, 0) is 30.7 Å². The Morgan fingerprint density at radius 1 is 1.15 bits per heavy atom. The highest BCUT2D eigenvalue weighted by atomic mass is 32.2. The van der Waals surface area contributed by atoms with Crippen LogP contribution < -0.4 is 0 Å². The van der Waals surface area contributed by atoms with Crippen molar-refractivity contribution in [3.05, 3.63) is 36.5 Å². The van der Waals surface area contributed by atoms with E-state index < -0.39 is 0 Å². The minimum atomic E-state index is 0.489. The molecule has 102 valence electrons. The van der Waals surface area contributed by atoms with Crippen molar-refractivity contribution in [3.63, 3.8) is 0 Å². The van der Waals surface area contributed by atoms with Crippen LogP contribution in [0.2, 0.25) is 0 Å². The van der Waals surface area contributed by atoms with Crippen molar-refractivity contribution in [1.29, 1.82) is 0 Å². The first-order chi connectivity index (χ1) is 9.78. The number of aromatic nitrogens is 5. The van der Waals surface area contributed by atoms with Gasteiger partial charge in [0, 0.05) is 11.4 Å². The normalized spacial score (nSPS) is 12.7. The third-order valence-corrected chi connectivity index (χ3v) is 4.24. The number of pyridine rings is 1. The van der Waals surface area contributed by atoms with Gasteiger partial charge in [-0.15, -0.1) is 10.2 Å². The number of hydrogen-bond donors (Lipinski definition) is 0. The number of thioether (sulfide) groups is 1. The number of fused-ring (bicyclic) bond motifs is 1. The Morgan fingerprint density at radius 3 is 2.80 bits per heavy atom. The highest BCUT2D eigenvalue weighted by Gasteiger charge is 2.12. The van der Waals surface area contributed by atoms with Crippen LogP contribution in [0.5, 0.6) is 0 Å². The Hall–Kier alpha value is -1.95. The molecule has 5 nitrogen and oxygen atoms in total. The zero-order valence-corrected chi connectivity index (χ0v) is 12.2. The second-order valence-corrected chi connectivity index (χ2v) is 5.93. The quantitative estimate of drug-likeness (QED) is 0.689.